The van der Waals surface area contributed by atoms with Gasteiger partial charge in [-0.1, -0.05) is 24.3 Å². The first-order valence-corrected chi connectivity index (χ1v) is 7.39. The molecule has 5 heteroatoms. The van der Waals surface area contributed by atoms with Gasteiger partial charge in [0.05, 0.1) is 22.0 Å². The lowest BCUT2D eigenvalue weighted by Gasteiger charge is -2.07. The van der Waals surface area contributed by atoms with Gasteiger partial charge in [-0.05, 0) is 30.3 Å². The van der Waals surface area contributed by atoms with Crippen LogP contribution in [0.4, 0.5) is 0 Å². The second kappa shape index (κ2) is 4.51. The van der Waals surface area contributed by atoms with Crippen molar-refractivity contribution in [3.8, 4) is 6.07 Å². The van der Waals surface area contributed by atoms with Crippen LogP contribution in [-0.2, 0) is 10.0 Å². The minimum atomic E-state index is -3.64. The van der Waals surface area contributed by atoms with E-state index in [9.17, 15) is 8.42 Å². The highest BCUT2D eigenvalue weighted by Gasteiger charge is 2.18. The molecule has 0 aliphatic heterocycles. The van der Waals surface area contributed by atoms with Gasteiger partial charge in [0.2, 0.25) is 0 Å². The van der Waals surface area contributed by atoms with E-state index in [1.165, 1.54) is 10.2 Å². The van der Waals surface area contributed by atoms with Gasteiger partial charge in [-0.15, -0.1) is 0 Å². The molecular weight excluding hydrogens is 272 g/mol. The molecule has 0 radical (unpaired) electrons. The number of nitrogens with zero attached hydrogens (tertiary/aromatic N) is 2. The SMILES string of the molecule is N#Cc1ccc2ccn(S(=O)(=O)c3ccccc3)c2c1. The Morgan fingerprint density at radius 2 is 1.75 bits per heavy atom. The summed E-state index contributed by atoms with van der Waals surface area (Å²) in [5, 5.41) is 9.72. The number of hydrogen-bond acceptors (Lipinski definition) is 3. The van der Waals surface area contributed by atoms with Crippen LogP contribution in [0.2, 0.25) is 0 Å². The van der Waals surface area contributed by atoms with E-state index >= 15 is 0 Å². The Morgan fingerprint density at radius 3 is 2.45 bits per heavy atom. The maximum atomic E-state index is 12.6. The van der Waals surface area contributed by atoms with E-state index in [0.717, 1.165) is 5.39 Å². The molecule has 0 aliphatic carbocycles. The van der Waals surface area contributed by atoms with Crippen molar-refractivity contribution in [2.45, 2.75) is 4.90 Å². The largest absolute Gasteiger partial charge is 0.268 e. The molecule has 20 heavy (non-hydrogen) atoms. The van der Waals surface area contributed by atoms with Crippen molar-refractivity contribution in [2.24, 2.45) is 0 Å². The maximum Gasteiger partial charge on any atom is 0.268 e. The van der Waals surface area contributed by atoms with E-state index in [1.54, 1.807) is 54.6 Å². The number of fused-ring (bicyclic) bond motifs is 1. The minimum absolute atomic E-state index is 0.222. The summed E-state index contributed by atoms with van der Waals surface area (Å²) in [6, 6.07) is 17.0. The molecule has 0 fully saturated rings. The quantitative estimate of drug-likeness (QED) is 0.726. The van der Waals surface area contributed by atoms with Crippen LogP contribution < -0.4 is 0 Å². The fourth-order valence-corrected chi connectivity index (χ4v) is 3.46. The summed E-state index contributed by atoms with van der Waals surface area (Å²) >= 11 is 0. The second-order valence-corrected chi connectivity index (χ2v) is 6.13. The zero-order chi connectivity index (χ0) is 14.2. The molecule has 0 atom stereocenters. The van der Waals surface area contributed by atoms with E-state index < -0.39 is 10.0 Å². The van der Waals surface area contributed by atoms with Crippen LogP contribution >= 0.6 is 0 Å². The number of rotatable bonds is 2. The molecule has 1 heterocycles. The first-order valence-electron chi connectivity index (χ1n) is 5.95. The number of nitriles is 1. The average molecular weight is 282 g/mol. The van der Waals surface area contributed by atoms with Crippen molar-refractivity contribution < 1.29 is 8.42 Å². The summed E-state index contributed by atoms with van der Waals surface area (Å²) in [5.41, 5.74) is 0.939. The molecule has 3 rings (SSSR count). The third-order valence-corrected chi connectivity index (χ3v) is 4.79. The molecule has 0 amide bonds. The molecular formula is C15H10N2O2S. The Labute approximate surface area is 116 Å². The van der Waals surface area contributed by atoms with Crippen molar-refractivity contribution in [1.82, 2.24) is 3.97 Å². The first kappa shape index (κ1) is 12.5. The van der Waals surface area contributed by atoms with Gasteiger partial charge in [-0.25, -0.2) is 12.4 Å². The molecule has 4 nitrogen and oxygen atoms in total. The molecule has 0 saturated carbocycles. The molecule has 3 aromatic rings. The summed E-state index contributed by atoms with van der Waals surface area (Å²) in [5.74, 6) is 0. The van der Waals surface area contributed by atoms with Gasteiger partial charge in [0.15, 0.2) is 0 Å². The minimum Gasteiger partial charge on any atom is -0.241 e. The van der Waals surface area contributed by atoms with Gasteiger partial charge >= 0.3 is 0 Å². The topological polar surface area (TPSA) is 62.9 Å². The van der Waals surface area contributed by atoms with Crippen molar-refractivity contribution in [3.05, 3.63) is 66.4 Å². The Morgan fingerprint density at radius 1 is 1.00 bits per heavy atom. The average Bonchev–Trinajstić information content (AvgIpc) is 2.91. The zero-order valence-corrected chi connectivity index (χ0v) is 11.2. The van der Waals surface area contributed by atoms with Gasteiger partial charge in [-0.3, -0.25) is 0 Å². The van der Waals surface area contributed by atoms with Gasteiger partial charge in [0, 0.05) is 11.6 Å². The summed E-state index contributed by atoms with van der Waals surface area (Å²) in [4.78, 5) is 0.222. The molecule has 0 unspecified atom stereocenters. The van der Waals surface area contributed by atoms with Gasteiger partial charge < -0.3 is 0 Å². The highest BCUT2D eigenvalue weighted by atomic mass is 32.2. The van der Waals surface area contributed by atoms with Crippen LogP contribution in [-0.4, -0.2) is 12.4 Å². The molecule has 0 saturated heterocycles. The third-order valence-electron chi connectivity index (χ3n) is 3.09. The van der Waals surface area contributed by atoms with Crippen LogP contribution in [0.15, 0.2) is 65.7 Å². The lowest BCUT2D eigenvalue weighted by atomic mass is 10.2. The van der Waals surface area contributed by atoms with Gasteiger partial charge in [0.1, 0.15) is 0 Å². The Bertz CT molecular complexity index is 919. The lowest BCUT2D eigenvalue weighted by molar-refractivity contribution is 0.589. The number of benzene rings is 2. The molecule has 1 aromatic heterocycles. The van der Waals surface area contributed by atoms with E-state index in [4.69, 9.17) is 5.26 Å². The summed E-state index contributed by atoms with van der Waals surface area (Å²) in [6.45, 7) is 0. The molecule has 0 bridgehead atoms. The fourth-order valence-electron chi connectivity index (χ4n) is 2.09. The number of aromatic nitrogens is 1. The molecule has 0 N–H and O–H groups in total. The maximum absolute atomic E-state index is 12.6. The predicted octanol–water partition coefficient (Wildman–Crippen LogP) is 2.75. The van der Waals surface area contributed by atoms with Crippen molar-refractivity contribution in [1.29, 1.82) is 5.26 Å². The summed E-state index contributed by atoms with van der Waals surface area (Å²) < 4.78 is 26.4. The van der Waals surface area contributed by atoms with Crippen LogP contribution in [0.1, 0.15) is 5.56 Å². The second-order valence-electron chi connectivity index (χ2n) is 4.32. The van der Waals surface area contributed by atoms with Crippen molar-refractivity contribution in [2.75, 3.05) is 0 Å². The van der Waals surface area contributed by atoms with Crippen molar-refractivity contribution >= 4 is 20.9 Å². The van der Waals surface area contributed by atoms with Crippen LogP contribution in [0.5, 0.6) is 0 Å². The zero-order valence-electron chi connectivity index (χ0n) is 10.4. The predicted molar refractivity (Wildman–Crippen MR) is 75.7 cm³/mol. The smallest absolute Gasteiger partial charge is 0.241 e. The van der Waals surface area contributed by atoms with Gasteiger partial charge in [0.25, 0.3) is 10.0 Å². The van der Waals surface area contributed by atoms with Crippen molar-refractivity contribution in [3.63, 3.8) is 0 Å². The van der Waals surface area contributed by atoms with E-state index in [2.05, 4.69) is 0 Å². The van der Waals surface area contributed by atoms with E-state index in [-0.39, 0.29) is 4.90 Å². The molecule has 98 valence electrons. The Balaban J connectivity index is 2.28. The fraction of sp³-hybridized carbons (Fsp3) is 0. The number of hydrogen-bond donors (Lipinski definition) is 0. The van der Waals surface area contributed by atoms with Crippen LogP contribution in [0, 0.1) is 11.3 Å². The van der Waals surface area contributed by atoms with Crippen LogP contribution in [0.25, 0.3) is 10.9 Å². The molecule has 2 aromatic carbocycles. The third kappa shape index (κ3) is 1.87. The monoisotopic (exact) mass is 282 g/mol. The Hall–Kier alpha value is -2.58. The van der Waals surface area contributed by atoms with E-state index in [0.29, 0.717) is 11.1 Å². The highest BCUT2D eigenvalue weighted by molar-refractivity contribution is 7.90. The first-order chi connectivity index (χ1) is 9.63. The summed E-state index contributed by atoms with van der Waals surface area (Å²) in [6.07, 6.45) is 1.51. The lowest BCUT2D eigenvalue weighted by Crippen LogP contribution is -2.11. The highest BCUT2D eigenvalue weighted by Crippen LogP contribution is 2.22. The van der Waals surface area contributed by atoms with Crippen LogP contribution in [0.3, 0.4) is 0 Å². The molecule has 0 aliphatic rings. The van der Waals surface area contributed by atoms with Gasteiger partial charge in [-0.2, -0.15) is 5.26 Å². The normalized spacial score (nSPS) is 11.3. The molecule has 0 spiro atoms. The van der Waals surface area contributed by atoms with E-state index in [1.807, 2.05) is 6.07 Å². The standard InChI is InChI=1S/C15H10N2O2S/c16-11-12-6-7-13-8-9-17(15(13)10-12)20(18,19)14-4-2-1-3-5-14/h1-10H. The Kier molecular flexibility index (Phi) is 2.81. The summed E-state index contributed by atoms with van der Waals surface area (Å²) in [7, 11) is -3.64.